The van der Waals surface area contributed by atoms with Gasteiger partial charge in [-0.3, -0.25) is 9.78 Å². The van der Waals surface area contributed by atoms with Crippen LogP contribution in [0.3, 0.4) is 0 Å². The molecule has 5 heteroatoms. The van der Waals surface area contributed by atoms with Crippen molar-refractivity contribution < 1.29 is 4.79 Å². The lowest BCUT2D eigenvalue weighted by atomic mass is 9.96. The number of carbonyl (C=O) groups is 1. The number of fused-ring (bicyclic) bond motifs is 1. The number of benzene rings is 1. The molecule has 1 N–H and O–H groups in total. The average Bonchev–Trinajstić information content (AvgIpc) is 2.55. The van der Waals surface area contributed by atoms with E-state index in [1.54, 1.807) is 6.20 Å². The number of nitrogens with zero attached hydrogens (tertiary/aromatic N) is 3. The number of rotatable bonds is 3. The van der Waals surface area contributed by atoms with E-state index in [9.17, 15) is 4.79 Å². The number of carbonyl (C=O) groups excluding carboxylic acids is 1. The lowest BCUT2D eigenvalue weighted by molar-refractivity contribution is 0.0685. The number of nitrogens with one attached hydrogen (secondary N) is 1. The minimum absolute atomic E-state index is 0.00355. The number of amides is 1. The lowest BCUT2D eigenvalue weighted by Crippen LogP contribution is -2.40. The van der Waals surface area contributed by atoms with Crippen LogP contribution in [-0.2, 0) is 0 Å². The second kappa shape index (κ2) is 6.18. The Morgan fingerprint density at radius 3 is 2.71 bits per heavy atom. The summed E-state index contributed by atoms with van der Waals surface area (Å²) in [6.45, 7) is 2.64. The molecule has 0 spiro atoms. The van der Waals surface area contributed by atoms with Crippen molar-refractivity contribution in [3.8, 4) is 0 Å². The van der Waals surface area contributed by atoms with E-state index >= 15 is 0 Å². The van der Waals surface area contributed by atoms with Gasteiger partial charge >= 0.3 is 0 Å². The topological polar surface area (TPSA) is 58.1 Å². The summed E-state index contributed by atoms with van der Waals surface area (Å²) < 4.78 is 0. The molecule has 1 aromatic carbocycles. The molecule has 1 aromatic heterocycles. The normalized spacial score (nSPS) is 16.3. The molecule has 1 amide bonds. The van der Waals surface area contributed by atoms with Crippen LogP contribution in [0.2, 0.25) is 0 Å². The smallest absolute Gasteiger partial charge is 0.274 e. The van der Waals surface area contributed by atoms with Crippen molar-refractivity contribution in [3.05, 3.63) is 36.2 Å². The van der Waals surface area contributed by atoms with E-state index in [-0.39, 0.29) is 5.91 Å². The number of piperidine rings is 1. The van der Waals surface area contributed by atoms with Crippen LogP contribution in [0, 0.1) is 5.92 Å². The van der Waals surface area contributed by atoms with E-state index in [0.717, 1.165) is 43.5 Å². The van der Waals surface area contributed by atoms with Crippen LogP contribution in [0.5, 0.6) is 0 Å². The monoisotopic (exact) mass is 284 g/mol. The van der Waals surface area contributed by atoms with Crippen molar-refractivity contribution in [3.63, 3.8) is 0 Å². The largest absolute Gasteiger partial charge is 0.337 e. The van der Waals surface area contributed by atoms with Crippen molar-refractivity contribution >= 4 is 16.9 Å². The van der Waals surface area contributed by atoms with Crippen molar-refractivity contribution in [1.82, 2.24) is 20.2 Å². The molecule has 21 heavy (non-hydrogen) atoms. The van der Waals surface area contributed by atoms with E-state index in [1.807, 2.05) is 36.2 Å². The zero-order valence-corrected chi connectivity index (χ0v) is 12.2. The van der Waals surface area contributed by atoms with Gasteiger partial charge in [0.15, 0.2) is 0 Å². The third-order valence-corrected chi connectivity index (χ3v) is 4.06. The van der Waals surface area contributed by atoms with Gasteiger partial charge in [-0.1, -0.05) is 12.1 Å². The third kappa shape index (κ3) is 3.03. The molecule has 0 radical (unpaired) electrons. The Bertz CT molecular complexity index is 635. The van der Waals surface area contributed by atoms with Crippen LogP contribution in [0.15, 0.2) is 30.5 Å². The molecule has 2 aromatic rings. The molecule has 0 unspecified atom stereocenters. The summed E-state index contributed by atoms with van der Waals surface area (Å²) >= 11 is 0. The molecule has 0 saturated carbocycles. The second-order valence-corrected chi connectivity index (χ2v) is 5.54. The van der Waals surface area contributed by atoms with Crippen molar-refractivity contribution in [1.29, 1.82) is 0 Å². The predicted molar refractivity (Wildman–Crippen MR) is 82.1 cm³/mol. The lowest BCUT2D eigenvalue weighted by Gasteiger charge is -2.31. The molecule has 1 fully saturated rings. The summed E-state index contributed by atoms with van der Waals surface area (Å²) in [5.41, 5.74) is 2.04. The number of hydrogen-bond acceptors (Lipinski definition) is 4. The highest BCUT2D eigenvalue weighted by Gasteiger charge is 2.24. The van der Waals surface area contributed by atoms with Gasteiger partial charge in [-0.2, -0.15) is 0 Å². The Hall–Kier alpha value is -2.01. The highest BCUT2D eigenvalue weighted by molar-refractivity contribution is 5.93. The standard InChI is InChI=1S/C16H20N4O/c1-17-10-12-6-8-20(9-7-12)16(21)15-11-18-13-4-2-3-5-14(13)19-15/h2-5,11-12,17H,6-10H2,1H3. The summed E-state index contributed by atoms with van der Waals surface area (Å²) in [6.07, 6.45) is 3.69. The summed E-state index contributed by atoms with van der Waals surface area (Å²) in [5.74, 6) is 0.665. The number of hydrogen-bond donors (Lipinski definition) is 1. The molecule has 1 aliphatic heterocycles. The molecule has 110 valence electrons. The van der Waals surface area contributed by atoms with Gasteiger partial charge in [0.1, 0.15) is 5.69 Å². The first-order valence-corrected chi connectivity index (χ1v) is 7.43. The molecular formula is C16H20N4O. The first kappa shape index (κ1) is 13.9. The quantitative estimate of drug-likeness (QED) is 0.932. The van der Waals surface area contributed by atoms with Crippen LogP contribution in [0.25, 0.3) is 11.0 Å². The van der Waals surface area contributed by atoms with E-state index < -0.39 is 0 Å². The molecule has 3 rings (SSSR count). The molecule has 0 atom stereocenters. The van der Waals surface area contributed by atoms with Crippen LogP contribution < -0.4 is 5.32 Å². The maximum atomic E-state index is 12.5. The van der Waals surface area contributed by atoms with Gasteiger partial charge in [0.2, 0.25) is 0 Å². The molecule has 5 nitrogen and oxygen atoms in total. The number of aromatic nitrogens is 2. The van der Waals surface area contributed by atoms with E-state index in [2.05, 4.69) is 15.3 Å². The maximum absolute atomic E-state index is 12.5. The fourth-order valence-electron chi connectivity index (χ4n) is 2.85. The van der Waals surface area contributed by atoms with Gasteiger partial charge < -0.3 is 10.2 Å². The van der Waals surface area contributed by atoms with Crippen molar-refractivity contribution in [2.45, 2.75) is 12.8 Å². The highest BCUT2D eigenvalue weighted by atomic mass is 16.2. The Morgan fingerprint density at radius 1 is 1.29 bits per heavy atom. The number of para-hydroxylation sites is 2. The number of likely N-dealkylation sites (tertiary alicyclic amines) is 1. The van der Waals surface area contributed by atoms with E-state index in [4.69, 9.17) is 0 Å². The van der Waals surface area contributed by atoms with Gasteiger partial charge in [-0.05, 0) is 44.5 Å². The summed E-state index contributed by atoms with van der Waals surface area (Å²) in [6, 6.07) is 7.62. The van der Waals surface area contributed by atoms with Crippen LogP contribution >= 0.6 is 0 Å². The van der Waals surface area contributed by atoms with Gasteiger partial charge in [-0.15, -0.1) is 0 Å². The molecule has 0 bridgehead atoms. The SMILES string of the molecule is CNCC1CCN(C(=O)c2cnc3ccccc3n2)CC1. The van der Waals surface area contributed by atoms with Crippen LogP contribution in [0.4, 0.5) is 0 Å². The van der Waals surface area contributed by atoms with Crippen LogP contribution in [-0.4, -0.2) is 47.5 Å². The fourth-order valence-corrected chi connectivity index (χ4v) is 2.85. The molecule has 0 aliphatic carbocycles. The van der Waals surface area contributed by atoms with Crippen molar-refractivity contribution in [2.75, 3.05) is 26.7 Å². The average molecular weight is 284 g/mol. The minimum atomic E-state index is -0.00355. The second-order valence-electron chi connectivity index (χ2n) is 5.54. The Kier molecular flexibility index (Phi) is 4.10. The molecule has 1 aliphatic rings. The first-order chi connectivity index (χ1) is 10.3. The summed E-state index contributed by atoms with van der Waals surface area (Å²) in [7, 11) is 1.97. The van der Waals surface area contributed by atoms with Gasteiger partial charge in [0.05, 0.1) is 17.2 Å². The zero-order valence-electron chi connectivity index (χ0n) is 12.2. The molecule has 1 saturated heterocycles. The minimum Gasteiger partial charge on any atom is -0.337 e. The van der Waals surface area contributed by atoms with Gasteiger partial charge in [-0.25, -0.2) is 4.98 Å². The Morgan fingerprint density at radius 2 is 2.00 bits per heavy atom. The molecule has 2 heterocycles. The highest BCUT2D eigenvalue weighted by Crippen LogP contribution is 2.18. The van der Waals surface area contributed by atoms with Crippen LogP contribution in [0.1, 0.15) is 23.3 Å². The van der Waals surface area contributed by atoms with E-state index in [0.29, 0.717) is 11.6 Å². The Balaban J connectivity index is 1.72. The first-order valence-electron chi connectivity index (χ1n) is 7.43. The predicted octanol–water partition coefficient (Wildman–Crippen LogP) is 1.70. The zero-order chi connectivity index (χ0) is 14.7. The van der Waals surface area contributed by atoms with E-state index in [1.165, 1.54) is 0 Å². The van der Waals surface area contributed by atoms with Gasteiger partial charge in [0, 0.05) is 13.1 Å². The fraction of sp³-hybridized carbons (Fsp3) is 0.438. The maximum Gasteiger partial charge on any atom is 0.274 e. The van der Waals surface area contributed by atoms with Crippen molar-refractivity contribution in [2.24, 2.45) is 5.92 Å². The molecular weight excluding hydrogens is 264 g/mol. The third-order valence-electron chi connectivity index (χ3n) is 4.06. The van der Waals surface area contributed by atoms with Gasteiger partial charge in [0.25, 0.3) is 5.91 Å². The summed E-state index contributed by atoms with van der Waals surface area (Å²) in [5, 5.41) is 3.21. The Labute approximate surface area is 124 Å². The summed E-state index contributed by atoms with van der Waals surface area (Å²) in [4.78, 5) is 23.2.